The molecule has 2 aromatic heterocycles. The molecule has 1 fully saturated rings. The highest BCUT2D eigenvalue weighted by molar-refractivity contribution is 5.57. The molecule has 3 heterocycles. The Morgan fingerprint density at radius 2 is 1.82 bits per heavy atom. The van der Waals surface area contributed by atoms with Crippen molar-refractivity contribution >= 4 is 11.6 Å². The van der Waals surface area contributed by atoms with Gasteiger partial charge in [0.05, 0.1) is 0 Å². The summed E-state index contributed by atoms with van der Waals surface area (Å²) in [4.78, 5) is 9.57. The van der Waals surface area contributed by atoms with E-state index in [1.54, 1.807) is 13.8 Å². The smallest absolute Gasteiger partial charge is 0.356 e. The third-order valence-corrected chi connectivity index (χ3v) is 3.94. The molecule has 0 radical (unpaired) electrons. The van der Waals surface area contributed by atoms with E-state index in [1.807, 2.05) is 4.90 Å². The van der Waals surface area contributed by atoms with Crippen LogP contribution in [-0.4, -0.2) is 32.7 Å². The second kappa shape index (κ2) is 5.40. The van der Waals surface area contributed by atoms with Crippen LogP contribution in [-0.2, 0) is 6.18 Å². The Kier molecular flexibility index (Phi) is 3.70. The molecule has 120 valence electrons. The Bertz CT molecular complexity index is 671. The zero-order valence-electron chi connectivity index (χ0n) is 12.6. The SMILES string of the molecule is CC(C)c1c(C(F)(F)F)nc2ncnn2c1N1CCCCC1. The Morgan fingerprint density at radius 3 is 2.41 bits per heavy atom. The van der Waals surface area contributed by atoms with Crippen molar-refractivity contribution in [3.05, 3.63) is 17.6 Å². The minimum atomic E-state index is -4.50. The Balaban J connectivity index is 2.30. The number of aromatic nitrogens is 4. The number of piperidine rings is 1. The van der Waals surface area contributed by atoms with Gasteiger partial charge >= 0.3 is 6.18 Å². The molecule has 0 amide bonds. The summed E-state index contributed by atoms with van der Waals surface area (Å²) in [6, 6.07) is 0. The molecule has 0 spiro atoms. The van der Waals surface area contributed by atoms with Gasteiger partial charge in [0.15, 0.2) is 5.69 Å². The first-order valence-corrected chi connectivity index (χ1v) is 7.45. The van der Waals surface area contributed by atoms with Gasteiger partial charge in [0.2, 0.25) is 0 Å². The molecule has 0 atom stereocenters. The average molecular weight is 313 g/mol. The van der Waals surface area contributed by atoms with E-state index in [9.17, 15) is 13.2 Å². The lowest BCUT2D eigenvalue weighted by Crippen LogP contribution is -2.33. The second-order valence-corrected chi connectivity index (χ2v) is 5.87. The molecule has 5 nitrogen and oxygen atoms in total. The quantitative estimate of drug-likeness (QED) is 0.854. The lowest BCUT2D eigenvalue weighted by Gasteiger charge is -2.32. The van der Waals surface area contributed by atoms with Crippen LogP contribution in [0.15, 0.2) is 6.33 Å². The van der Waals surface area contributed by atoms with Crippen LogP contribution in [0.4, 0.5) is 19.0 Å². The lowest BCUT2D eigenvalue weighted by molar-refractivity contribution is -0.141. The fourth-order valence-corrected chi connectivity index (χ4v) is 3.00. The summed E-state index contributed by atoms with van der Waals surface area (Å²) in [6.45, 7) is 4.97. The van der Waals surface area contributed by atoms with Crippen molar-refractivity contribution in [2.24, 2.45) is 0 Å². The van der Waals surface area contributed by atoms with Gasteiger partial charge in [0, 0.05) is 18.7 Å². The van der Waals surface area contributed by atoms with Crippen molar-refractivity contribution in [3.8, 4) is 0 Å². The first kappa shape index (κ1) is 15.1. The third kappa shape index (κ3) is 2.50. The fourth-order valence-electron chi connectivity index (χ4n) is 3.00. The molecule has 0 aromatic carbocycles. The van der Waals surface area contributed by atoms with Gasteiger partial charge in [-0.15, -0.1) is 0 Å². The van der Waals surface area contributed by atoms with Crippen molar-refractivity contribution in [3.63, 3.8) is 0 Å². The molecule has 1 aliphatic heterocycles. The second-order valence-electron chi connectivity index (χ2n) is 5.87. The maximum atomic E-state index is 13.5. The van der Waals surface area contributed by atoms with E-state index in [0.717, 1.165) is 32.4 Å². The summed E-state index contributed by atoms with van der Waals surface area (Å²) in [5, 5.41) is 4.09. The number of nitrogens with zero attached hydrogens (tertiary/aromatic N) is 5. The van der Waals surface area contributed by atoms with E-state index in [0.29, 0.717) is 5.82 Å². The van der Waals surface area contributed by atoms with Gasteiger partial charge in [0.25, 0.3) is 5.78 Å². The number of fused-ring (bicyclic) bond motifs is 1. The molecule has 0 aliphatic carbocycles. The summed E-state index contributed by atoms with van der Waals surface area (Å²) in [6.07, 6.45) is -0.210. The number of halogens is 3. The van der Waals surface area contributed by atoms with Crippen molar-refractivity contribution in [1.29, 1.82) is 0 Å². The van der Waals surface area contributed by atoms with Gasteiger partial charge < -0.3 is 4.90 Å². The summed E-state index contributed by atoms with van der Waals surface area (Å²) in [5.41, 5.74) is -0.643. The van der Waals surface area contributed by atoms with Crippen LogP contribution < -0.4 is 4.90 Å². The predicted octanol–water partition coefficient (Wildman–Crippen LogP) is 3.26. The molecule has 3 rings (SSSR count). The van der Waals surface area contributed by atoms with E-state index in [2.05, 4.69) is 15.1 Å². The highest BCUT2D eigenvalue weighted by Crippen LogP contribution is 2.39. The molecule has 0 bridgehead atoms. The van der Waals surface area contributed by atoms with Gasteiger partial charge in [0.1, 0.15) is 12.1 Å². The normalized spacial score (nSPS) is 16.7. The standard InChI is InChI=1S/C14H18F3N5/c1-9(2)10-11(14(15,16)17)20-13-18-8-19-22(13)12(10)21-6-4-3-5-7-21/h8-9H,3-7H2,1-2H3. The molecule has 0 N–H and O–H groups in total. The van der Waals surface area contributed by atoms with Crippen molar-refractivity contribution in [2.75, 3.05) is 18.0 Å². The van der Waals surface area contributed by atoms with Gasteiger partial charge in [-0.2, -0.15) is 27.8 Å². The van der Waals surface area contributed by atoms with Crippen LogP contribution in [0.2, 0.25) is 0 Å². The number of hydrogen-bond acceptors (Lipinski definition) is 4. The first-order valence-electron chi connectivity index (χ1n) is 7.45. The minimum absolute atomic E-state index is 0.00250. The average Bonchev–Trinajstić information content (AvgIpc) is 2.93. The minimum Gasteiger partial charge on any atom is -0.356 e. The lowest BCUT2D eigenvalue weighted by atomic mass is 9.99. The van der Waals surface area contributed by atoms with E-state index >= 15 is 0 Å². The fraction of sp³-hybridized carbons (Fsp3) is 0.643. The zero-order chi connectivity index (χ0) is 15.9. The summed E-state index contributed by atoms with van der Waals surface area (Å²) >= 11 is 0. The monoisotopic (exact) mass is 313 g/mol. The zero-order valence-corrected chi connectivity index (χ0v) is 12.6. The number of anilines is 1. The number of hydrogen-bond donors (Lipinski definition) is 0. The van der Waals surface area contributed by atoms with Crippen LogP contribution in [0.5, 0.6) is 0 Å². The van der Waals surface area contributed by atoms with Gasteiger partial charge in [-0.3, -0.25) is 0 Å². The molecule has 1 aliphatic rings. The van der Waals surface area contributed by atoms with E-state index in [-0.39, 0.29) is 17.3 Å². The van der Waals surface area contributed by atoms with E-state index in [4.69, 9.17) is 0 Å². The topological polar surface area (TPSA) is 46.3 Å². The Morgan fingerprint density at radius 1 is 1.14 bits per heavy atom. The number of alkyl halides is 3. The molecular weight excluding hydrogens is 295 g/mol. The van der Waals surface area contributed by atoms with Crippen LogP contribution in [0.3, 0.4) is 0 Å². The van der Waals surface area contributed by atoms with E-state index < -0.39 is 11.9 Å². The van der Waals surface area contributed by atoms with Crippen LogP contribution in [0.25, 0.3) is 5.78 Å². The molecule has 2 aromatic rings. The maximum Gasteiger partial charge on any atom is 0.433 e. The molecular formula is C14H18F3N5. The van der Waals surface area contributed by atoms with Gasteiger partial charge in [-0.05, 0) is 25.2 Å². The number of rotatable bonds is 2. The first-order chi connectivity index (χ1) is 10.4. The van der Waals surface area contributed by atoms with Crippen molar-refractivity contribution < 1.29 is 13.2 Å². The summed E-state index contributed by atoms with van der Waals surface area (Å²) < 4.78 is 41.8. The third-order valence-electron chi connectivity index (χ3n) is 3.94. The molecule has 1 saturated heterocycles. The highest BCUT2D eigenvalue weighted by atomic mass is 19.4. The molecule has 8 heteroatoms. The van der Waals surface area contributed by atoms with Crippen molar-refractivity contribution in [1.82, 2.24) is 19.6 Å². The molecule has 0 saturated carbocycles. The van der Waals surface area contributed by atoms with Crippen molar-refractivity contribution in [2.45, 2.75) is 45.2 Å². The van der Waals surface area contributed by atoms with Crippen LogP contribution in [0, 0.1) is 0 Å². The van der Waals surface area contributed by atoms with Gasteiger partial charge in [-0.1, -0.05) is 13.8 Å². The highest BCUT2D eigenvalue weighted by Gasteiger charge is 2.39. The van der Waals surface area contributed by atoms with Gasteiger partial charge in [-0.25, -0.2) is 4.98 Å². The van der Waals surface area contributed by atoms with E-state index in [1.165, 1.54) is 10.8 Å². The largest absolute Gasteiger partial charge is 0.433 e. The summed E-state index contributed by atoms with van der Waals surface area (Å²) in [7, 11) is 0. The predicted molar refractivity (Wildman–Crippen MR) is 75.9 cm³/mol. The molecule has 0 unspecified atom stereocenters. The molecule has 22 heavy (non-hydrogen) atoms. The maximum absolute atomic E-state index is 13.5. The summed E-state index contributed by atoms with van der Waals surface area (Å²) in [5.74, 6) is 0.177. The van der Waals surface area contributed by atoms with Crippen LogP contribution in [0.1, 0.15) is 50.3 Å². The van der Waals surface area contributed by atoms with Crippen LogP contribution >= 0.6 is 0 Å². The Hall–Kier alpha value is -1.86. The Labute approximate surface area is 126 Å².